The molecule has 144 valence electrons. The lowest BCUT2D eigenvalue weighted by atomic mass is 10.0. The van der Waals surface area contributed by atoms with Crippen molar-refractivity contribution in [2.45, 2.75) is 33.6 Å². The largest absolute Gasteiger partial charge is 0.484 e. The van der Waals surface area contributed by atoms with Crippen molar-refractivity contribution in [1.82, 2.24) is 5.32 Å². The van der Waals surface area contributed by atoms with Gasteiger partial charge in [0.2, 0.25) is 5.91 Å². The second-order valence-electron chi connectivity index (χ2n) is 6.25. The maximum Gasteiger partial charge on any atom is 0.258 e. The Morgan fingerprint density at radius 1 is 0.963 bits per heavy atom. The van der Waals surface area contributed by atoms with E-state index in [-0.39, 0.29) is 18.4 Å². The predicted molar refractivity (Wildman–Crippen MR) is 108 cm³/mol. The smallest absolute Gasteiger partial charge is 0.258 e. The summed E-state index contributed by atoms with van der Waals surface area (Å²) in [5, 5.41) is 2.83. The van der Waals surface area contributed by atoms with Crippen LogP contribution >= 0.6 is 0 Å². The summed E-state index contributed by atoms with van der Waals surface area (Å²) in [4.78, 5) is 26.0. The number of carbonyl (C=O) groups excluding carboxylic acids is 2. The molecular formula is C22H28N2O3. The number of para-hydroxylation sites is 2. The van der Waals surface area contributed by atoms with Gasteiger partial charge >= 0.3 is 0 Å². The third-order valence-corrected chi connectivity index (χ3v) is 4.39. The van der Waals surface area contributed by atoms with Crippen molar-refractivity contribution in [3.8, 4) is 5.75 Å². The van der Waals surface area contributed by atoms with Crippen molar-refractivity contribution < 1.29 is 14.3 Å². The number of nitrogens with zero attached hydrogens (tertiary/aromatic N) is 1. The van der Waals surface area contributed by atoms with Crippen LogP contribution in [-0.2, 0) is 22.4 Å². The molecule has 27 heavy (non-hydrogen) atoms. The van der Waals surface area contributed by atoms with Crippen molar-refractivity contribution in [2.75, 3.05) is 24.6 Å². The van der Waals surface area contributed by atoms with Gasteiger partial charge in [0, 0.05) is 20.0 Å². The van der Waals surface area contributed by atoms with Crippen LogP contribution in [0.25, 0.3) is 0 Å². The van der Waals surface area contributed by atoms with E-state index in [1.165, 1.54) is 0 Å². The maximum absolute atomic E-state index is 12.3. The molecule has 0 unspecified atom stereocenters. The lowest BCUT2D eigenvalue weighted by Crippen LogP contribution is -2.39. The number of hydrogen-bond donors (Lipinski definition) is 1. The van der Waals surface area contributed by atoms with Crippen molar-refractivity contribution in [3.63, 3.8) is 0 Å². The molecule has 0 aliphatic heterocycles. The van der Waals surface area contributed by atoms with E-state index in [0.717, 1.165) is 29.7 Å². The summed E-state index contributed by atoms with van der Waals surface area (Å²) in [5.41, 5.74) is 3.26. The molecular weight excluding hydrogens is 340 g/mol. The van der Waals surface area contributed by atoms with E-state index in [1.807, 2.05) is 24.3 Å². The summed E-state index contributed by atoms with van der Waals surface area (Å²) in [5.74, 6) is 0.421. The fraction of sp³-hybridized carbons (Fsp3) is 0.364. The number of rotatable bonds is 9. The Balaban J connectivity index is 1.96. The van der Waals surface area contributed by atoms with E-state index < -0.39 is 0 Å². The molecule has 5 nitrogen and oxygen atoms in total. The first-order chi connectivity index (χ1) is 13.1. The molecule has 0 radical (unpaired) electrons. The van der Waals surface area contributed by atoms with Gasteiger partial charge in [0.15, 0.2) is 6.61 Å². The standard InChI is InChI=1S/C22H28N2O3/c1-4-18-10-9-11-19(5-2)22(18)24(17(3)25)15-14-23-21(26)16-27-20-12-7-6-8-13-20/h6-13H,4-5,14-16H2,1-3H3,(H,23,26). The second-order valence-corrected chi connectivity index (χ2v) is 6.25. The number of benzene rings is 2. The first-order valence-electron chi connectivity index (χ1n) is 9.40. The molecule has 2 rings (SSSR count). The van der Waals surface area contributed by atoms with E-state index in [4.69, 9.17) is 4.74 Å². The fourth-order valence-electron chi connectivity index (χ4n) is 3.01. The van der Waals surface area contributed by atoms with E-state index in [1.54, 1.807) is 24.0 Å². The fourth-order valence-corrected chi connectivity index (χ4v) is 3.01. The molecule has 0 heterocycles. The van der Waals surface area contributed by atoms with Crippen molar-refractivity contribution in [2.24, 2.45) is 0 Å². The number of ether oxygens (including phenoxy) is 1. The Morgan fingerprint density at radius 3 is 2.15 bits per heavy atom. The van der Waals surface area contributed by atoms with E-state index in [0.29, 0.717) is 18.8 Å². The van der Waals surface area contributed by atoms with Crippen LogP contribution in [0.5, 0.6) is 5.75 Å². The monoisotopic (exact) mass is 368 g/mol. The number of anilines is 1. The van der Waals surface area contributed by atoms with E-state index >= 15 is 0 Å². The van der Waals surface area contributed by atoms with Gasteiger partial charge in [-0.2, -0.15) is 0 Å². The van der Waals surface area contributed by atoms with Crippen LogP contribution in [-0.4, -0.2) is 31.5 Å². The Kier molecular flexibility index (Phi) is 7.86. The topological polar surface area (TPSA) is 58.6 Å². The number of amides is 2. The summed E-state index contributed by atoms with van der Waals surface area (Å²) in [7, 11) is 0. The molecule has 5 heteroatoms. The molecule has 0 spiro atoms. The summed E-state index contributed by atoms with van der Waals surface area (Å²) >= 11 is 0. The molecule has 0 aliphatic carbocycles. The molecule has 0 aliphatic rings. The van der Waals surface area contributed by atoms with Crippen LogP contribution < -0.4 is 15.0 Å². The van der Waals surface area contributed by atoms with Gasteiger partial charge in [0.25, 0.3) is 5.91 Å². The first kappa shape index (κ1) is 20.5. The van der Waals surface area contributed by atoms with Crippen LogP contribution in [0.1, 0.15) is 31.9 Å². The highest BCUT2D eigenvalue weighted by Crippen LogP contribution is 2.27. The molecule has 2 amide bonds. The molecule has 0 saturated heterocycles. The van der Waals surface area contributed by atoms with Gasteiger partial charge in [0.1, 0.15) is 5.75 Å². The van der Waals surface area contributed by atoms with Gasteiger partial charge in [-0.05, 0) is 36.1 Å². The second kappa shape index (κ2) is 10.4. The summed E-state index contributed by atoms with van der Waals surface area (Å²) < 4.78 is 5.44. The Hall–Kier alpha value is -2.82. The summed E-state index contributed by atoms with van der Waals surface area (Å²) in [6, 6.07) is 15.3. The van der Waals surface area contributed by atoms with Gasteiger partial charge in [-0.3, -0.25) is 9.59 Å². The minimum Gasteiger partial charge on any atom is -0.484 e. The number of aryl methyl sites for hydroxylation is 2. The van der Waals surface area contributed by atoms with Crippen LogP contribution in [0, 0.1) is 0 Å². The van der Waals surface area contributed by atoms with Gasteiger partial charge in [0.05, 0.1) is 5.69 Å². The van der Waals surface area contributed by atoms with Gasteiger partial charge in [-0.15, -0.1) is 0 Å². The highest BCUT2D eigenvalue weighted by molar-refractivity contribution is 5.93. The number of hydrogen-bond acceptors (Lipinski definition) is 3. The quantitative estimate of drug-likeness (QED) is 0.738. The third-order valence-electron chi connectivity index (χ3n) is 4.39. The van der Waals surface area contributed by atoms with Gasteiger partial charge < -0.3 is 15.0 Å². The molecule has 2 aromatic rings. The Labute approximate surface area is 161 Å². The van der Waals surface area contributed by atoms with Crippen LogP contribution in [0.3, 0.4) is 0 Å². The lowest BCUT2D eigenvalue weighted by Gasteiger charge is -2.26. The van der Waals surface area contributed by atoms with Crippen LogP contribution in [0.2, 0.25) is 0 Å². The number of nitrogens with one attached hydrogen (secondary N) is 1. The van der Waals surface area contributed by atoms with Gasteiger partial charge in [-0.25, -0.2) is 0 Å². The number of carbonyl (C=O) groups is 2. The molecule has 0 fully saturated rings. The zero-order chi connectivity index (χ0) is 19.6. The summed E-state index contributed by atoms with van der Waals surface area (Å²) in [6.07, 6.45) is 1.70. The zero-order valence-electron chi connectivity index (χ0n) is 16.3. The molecule has 0 saturated carbocycles. The molecule has 0 aromatic heterocycles. The lowest BCUT2D eigenvalue weighted by molar-refractivity contribution is -0.123. The van der Waals surface area contributed by atoms with E-state index in [2.05, 4.69) is 31.3 Å². The van der Waals surface area contributed by atoms with Crippen molar-refractivity contribution >= 4 is 17.5 Å². The normalized spacial score (nSPS) is 10.3. The Bertz CT molecular complexity index is 737. The zero-order valence-corrected chi connectivity index (χ0v) is 16.3. The molecule has 0 atom stereocenters. The predicted octanol–water partition coefficient (Wildman–Crippen LogP) is 3.36. The average Bonchev–Trinajstić information content (AvgIpc) is 2.69. The van der Waals surface area contributed by atoms with E-state index in [9.17, 15) is 9.59 Å². The van der Waals surface area contributed by atoms with Crippen LogP contribution in [0.4, 0.5) is 5.69 Å². The van der Waals surface area contributed by atoms with Crippen molar-refractivity contribution in [1.29, 1.82) is 0 Å². The minimum absolute atomic E-state index is 0.0274. The van der Waals surface area contributed by atoms with Gasteiger partial charge in [-0.1, -0.05) is 50.2 Å². The van der Waals surface area contributed by atoms with Crippen molar-refractivity contribution in [3.05, 3.63) is 59.7 Å². The van der Waals surface area contributed by atoms with Crippen LogP contribution in [0.15, 0.2) is 48.5 Å². The summed E-state index contributed by atoms with van der Waals surface area (Å²) in [6.45, 7) is 6.48. The Morgan fingerprint density at radius 2 is 1.59 bits per heavy atom. The highest BCUT2D eigenvalue weighted by atomic mass is 16.5. The molecule has 0 bridgehead atoms. The SMILES string of the molecule is CCc1cccc(CC)c1N(CCNC(=O)COc1ccccc1)C(C)=O. The average molecular weight is 368 g/mol. The first-order valence-corrected chi connectivity index (χ1v) is 9.40. The highest BCUT2D eigenvalue weighted by Gasteiger charge is 2.18. The molecule has 1 N–H and O–H groups in total. The minimum atomic E-state index is -0.207. The third kappa shape index (κ3) is 5.84. The molecule has 2 aromatic carbocycles. The maximum atomic E-state index is 12.3.